The van der Waals surface area contributed by atoms with Crippen molar-refractivity contribution in [1.29, 1.82) is 0 Å². The molecule has 7 heteroatoms. The highest BCUT2D eigenvalue weighted by atomic mass is 127. The maximum atomic E-state index is 12.0. The quantitative estimate of drug-likeness (QED) is 0.728. The van der Waals surface area contributed by atoms with E-state index in [2.05, 4.69) is 32.6 Å². The summed E-state index contributed by atoms with van der Waals surface area (Å²) in [6, 6.07) is 6.68. The van der Waals surface area contributed by atoms with E-state index in [9.17, 15) is 13.2 Å². The first-order valence-electron chi connectivity index (χ1n) is 6.52. The molecule has 1 aliphatic carbocycles. The number of halogens is 1. The summed E-state index contributed by atoms with van der Waals surface area (Å²) in [5, 5.41) is 2.84. The van der Waals surface area contributed by atoms with Gasteiger partial charge in [-0.15, -0.1) is 0 Å². The van der Waals surface area contributed by atoms with Gasteiger partial charge in [0.25, 0.3) is 0 Å². The second kappa shape index (κ2) is 6.86. The van der Waals surface area contributed by atoms with E-state index in [-0.39, 0.29) is 23.4 Å². The Hall–Kier alpha value is -0.670. The number of benzene rings is 1. The molecule has 0 radical (unpaired) electrons. The van der Waals surface area contributed by atoms with Crippen LogP contribution in [0.5, 0.6) is 0 Å². The smallest absolute Gasteiger partial charge is 0.241 e. The Morgan fingerprint density at radius 2 is 1.80 bits per heavy atom. The molecule has 1 aromatic carbocycles. The van der Waals surface area contributed by atoms with Gasteiger partial charge < -0.3 is 5.32 Å². The van der Waals surface area contributed by atoms with E-state index >= 15 is 0 Å². The maximum absolute atomic E-state index is 12.0. The van der Waals surface area contributed by atoms with Gasteiger partial charge in [-0.1, -0.05) is 12.8 Å². The average Bonchev–Trinajstić information content (AvgIpc) is 2.90. The van der Waals surface area contributed by atoms with Crippen molar-refractivity contribution in [3.63, 3.8) is 0 Å². The van der Waals surface area contributed by atoms with Crippen LogP contribution in [-0.2, 0) is 14.8 Å². The molecule has 0 spiro atoms. The van der Waals surface area contributed by atoms with Crippen molar-refractivity contribution in [3.05, 3.63) is 27.8 Å². The Morgan fingerprint density at radius 3 is 2.40 bits per heavy atom. The van der Waals surface area contributed by atoms with E-state index in [1.807, 2.05) is 0 Å². The zero-order chi connectivity index (χ0) is 14.6. The summed E-state index contributed by atoms with van der Waals surface area (Å²) in [7, 11) is -3.62. The molecule has 1 saturated carbocycles. The van der Waals surface area contributed by atoms with E-state index in [1.165, 1.54) is 12.1 Å². The number of carbonyl (C=O) groups is 1. The lowest BCUT2D eigenvalue weighted by molar-refractivity contribution is -0.120. The number of nitrogens with one attached hydrogen (secondary N) is 2. The molecular weight excluding hydrogens is 391 g/mol. The Labute approximate surface area is 132 Å². The number of hydrogen-bond donors (Lipinski definition) is 2. The number of carbonyl (C=O) groups excluding carboxylic acids is 1. The van der Waals surface area contributed by atoms with Gasteiger partial charge in [-0.2, -0.15) is 0 Å². The van der Waals surface area contributed by atoms with Gasteiger partial charge in [-0.3, -0.25) is 4.79 Å². The molecule has 20 heavy (non-hydrogen) atoms. The van der Waals surface area contributed by atoms with Crippen molar-refractivity contribution < 1.29 is 13.2 Å². The van der Waals surface area contributed by atoms with E-state index in [1.54, 1.807) is 12.1 Å². The number of hydrogen-bond acceptors (Lipinski definition) is 3. The summed E-state index contributed by atoms with van der Waals surface area (Å²) >= 11 is 2.10. The van der Waals surface area contributed by atoms with Crippen LogP contribution in [0.1, 0.15) is 25.7 Å². The molecule has 1 amide bonds. The minimum absolute atomic E-state index is 0.173. The minimum Gasteiger partial charge on any atom is -0.352 e. The molecule has 2 rings (SSSR count). The topological polar surface area (TPSA) is 75.3 Å². The minimum atomic E-state index is -3.62. The molecule has 1 fully saturated rings. The maximum Gasteiger partial charge on any atom is 0.241 e. The number of rotatable bonds is 5. The third kappa shape index (κ3) is 4.42. The van der Waals surface area contributed by atoms with Gasteiger partial charge in [0.15, 0.2) is 0 Å². The molecule has 0 aliphatic heterocycles. The Kier molecular flexibility index (Phi) is 5.39. The fourth-order valence-electron chi connectivity index (χ4n) is 2.21. The van der Waals surface area contributed by atoms with Crippen LogP contribution in [0.3, 0.4) is 0 Å². The van der Waals surface area contributed by atoms with E-state index < -0.39 is 10.0 Å². The third-order valence-electron chi connectivity index (χ3n) is 3.27. The fourth-order valence-corrected chi connectivity index (χ4v) is 3.55. The normalized spacial score (nSPS) is 16.2. The highest BCUT2D eigenvalue weighted by Crippen LogP contribution is 2.17. The van der Waals surface area contributed by atoms with Crippen LogP contribution in [0.2, 0.25) is 0 Å². The molecule has 0 atom stereocenters. The van der Waals surface area contributed by atoms with Gasteiger partial charge in [0.2, 0.25) is 15.9 Å². The molecule has 0 aromatic heterocycles. The molecule has 2 N–H and O–H groups in total. The average molecular weight is 408 g/mol. The van der Waals surface area contributed by atoms with Crippen LogP contribution in [0.4, 0.5) is 0 Å². The highest BCUT2D eigenvalue weighted by molar-refractivity contribution is 14.1. The molecule has 0 bridgehead atoms. The Morgan fingerprint density at radius 1 is 1.20 bits per heavy atom. The van der Waals surface area contributed by atoms with Crippen molar-refractivity contribution in [2.24, 2.45) is 0 Å². The zero-order valence-corrected chi connectivity index (χ0v) is 13.9. The first kappa shape index (κ1) is 15.7. The van der Waals surface area contributed by atoms with Crippen molar-refractivity contribution in [2.75, 3.05) is 6.54 Å². The summed E-state index contributed by atoms with van der Waals surface area (Å²) in [5.74, 6) is -0.272. The van der Waals surface area contributed by atoms with Crippen LogP contribution in [0.25, 0.3) is 0 Å². The lowest BCUT2D eigenvalue weighted by Crippen LogP contribution is -2.40. The van der Waals surface area contributed by atoms with Gasteiger partial charge in [-0.25, -0.2) is 13.1 Å². The highest BCUT2D eigenvalue weighted by Gasteiger charge is 2.19. The molecule has 1 aromatic rings. The molecule has 0 saturated heterocycles. The molecule has 5 nitrogen and oxygen atoms in total. The van der Waals surface area contributed by atoms with Crippen molar-refractivity contribution in [2.45, 2.75) is 36.6 Å². The SMILES string of the molecule is O=C(CNS(=O)(=O)c1ccc(I)cc1)NC1CCCC1. The first-order valence-corrected chi connectivity index (χ1v) is 9.08. The third-order valence-corrected chi connectivity index (χ3v) is 5.40. The lowest BCUT2D eigenvalue weighted by atomic mass is 10.2. The van der Waals surface area contributed by atoms with Crippen molar-refractivity contribution >= 4 is 38.5 Å². The summed E-state index contributed by atoms with van der Waals surface area (Å²) in [4.78, 5) is 11.9. The second-order valence-corrected chi connectivity index (χ2v) is 7.84. The van der Waals surface area contributed by atoms with Gasteiger partial charge in [-0.05, 0) is 59.7 Å². The number of amides is 1. The van der Waals surface area contributed by atoms with E-state index in [4.69, 9.17) is 0 Å². The largest absolute Gasteiger partial charge is 0.352 e. The molecule has 1 aliphatic rings. The predicted molar refractivity (Wildman–Crippen MR) is 84.7 cm³/mol. The van der Waals surface area contributed by atoms with Crippen molar-refractivity contribution in [3.8, 4) is 0 Å². The molecular formula is C13H17IN2O3S. The molecule has 0 heterocycles. The predicted octanol–water partition coefficient (Wildman–Crippen LogP) is 1.63. The van der Waals surface area contributed by atoms with Crippen LogP contribution in [-0.4, -0.2) is 26.9 Å². The standard InChI is InChI=1S/C13H17IN2O3S/c14-10-5-7-12(8-6-10)20(18,19)15-9-13(17)16-11-3-1-2-4-11/h5-8,11,15H,1-4,9H2,(H,16,17). The van der Waals surface area contributed by atoms with Gasteiger partial charge in [0.05, 0.1) is 11.4 Å². The lowest BCUT2D eigenvalue weighted by Gasteiger charge is -2.12. The van der Waals surface area contributed by atoms with Gasteiger partial charge in [0, 0.05) is 9.61 Å². The van der Waals surface area contributed by atoms with E-state index in [0.717, 1.165) is 29.3 Å². The fraction of sp³-hybridized carbons (Fsp3) is 0.462. The summed E-state index contributed by atoms with van der Waals surface area (Å²) in [6.45, 7) is -0.217. The molecule has 110 valence electrons. The van der Waals surface area contributed by atoms with Crippen LogP contribution in [0, 0.1) is 3.57 Å². The van der Waals surface area contributed by atoms with Crippen LogP contribution >= 0.6 is 22.6 Å². The zero-order valence-electron chi connectivity index (χ0n) is 10.9. The second-order valence-electron chi connectivity index (χ2n) is 4.83. The van der Waals surface area contributed by atoms with Gasteiger partial charge in [0.1, 0.15) is 0 Å². The Bertz CT molecular complexity index is 566. The first-order chi connectivity index (χ1) is 9.47. The van der Waals surface area contributed by atoms with Crippen LogP contribution < -0.4 is 10.0 Å². The number of sulfonamides is 1. The molecule has 0 unspecified atom stereocenters. The summed E-state index contributed by atoms with van der Waals surface area (Å²) < 4.78 is 27.3. The van der Waals surface area contributed by atoms with E-state index in [0.29, 0.717) is 0 Å². The Balaban J connectivity index is 1.88. The van der Waals surface area contributed by atoms with Gasteiger partial charge >= 0.3 is 0 Å². The van der Waals surface area contributed by atoms with Crippen LogP contribution in [0.15, 0.2) is 29.2 Å². The summed E-state index contributed by atoms with van der Waals surface area (Å²) in [5.41, 5.74) is 0. The summed E-state index contributed by atoms with van der Waals surface area (Å²) in [6.07, 6.45) is 4.21. The monoisotopic (exact) mass is 408 g/mol. The van der Waals surface area contributed by atoms with Crippen molar-refractivity contribution in [1.82, 2.24) is 10.0 Å².